The molecule has 2 aromatic rings. The third-order valence-electron chi connectivity index (χ3n) is 6.79. The number of aromatic nitrogens is 2. The molecule has 3 N–H and O–H groups in total. The number of pyridine rings is 1. The molecule has 5 rings (SSSR count). The smallest absolute Gasteiger partial charge is 0.241 e. The fourth-order valence-corrected chi connectivity index (χ4v) is 5.78. The number of nitrogens with zero attached hydrogens (tertiary/aromatic N) is 5. The zero-order chi connectivity index (χ0) is 24.1. The van der Waals surface area contributed by atoms with E-state index in [-0.39, 0.29) is 21.4 Å². The van der Waals surface area contributed by atoms with Crippen LogP contribution in [0.3, 0.4) is 0 Å². The number of thioether (sulfide) groups is 1. The van der Waals surface area contributed by atoms with Gasteiger partial charge in [0.25, 0.3) is 0 Å². The number of fused-ring (bicyclic) bond motifs is 1. The predicted octanol–water partition coefficient (Wildman–Crippen LogP) is 3.66. The van der Waals surface area contributed by atoms with Crippen molar-refractivity contribution in [1.29, 1.82) is 16.1 Å². The van der Waals surface area contributed by atoms with Crippen LogP contribution in [0.1, 0.15) is 31.5 Å². The lowest BCUT2D eigenvalue weighted by molar-refractivity contribution is 0.313. The maximum Gasteiger partial charge on any atom is 0.241 e. The Morgan fingerprint density at radius 2 is 1.94 bits per heavy atom. The van der Waals surface area contributed by atoms with E-state index in [1.807, 2.05) is 13.1 Å². The number of hydrogen-bond donors (Lipinski definition) is 3. The van der Waals surface area contributed by atoms with Gasteiger partial charge in [0.15, 0.2) is 5.82 Å². The van der Waals surface area contributed by atoms with Crippen LogP contribution in [-0.2, 0) is 0 Å². The van der Waals surface area contributed by atoms with Gasteiger partial charge in [-0.05, 0) is 50.7 Å². The normalized spacial score (nSPS) is 20.8. The molecule has 0 spiro atoms. The van der Waals surface area contributed by atoms with Gasteiger partial charge in [-0.2, -0.15) is 14.6 Å². The van der Waals surface area contributed by atoms with Gasteiger partial charge in [-0.25, -0.2) is 4.39 Å². The van der Waals surface area contributed by atoms with Crippen molar-refractivity contribution < 1.29 is 8.78 Å². The zero-order valence-electron chi connectivity index (χ0n) is 18.8. The number of imidazole rings is 1. The number of rotatable bonds is 7. The quantitative estimate of drug-likeness (QED) is 0.300. The highest BCUT2D eigenvalue weighted by molar-refractivity contribution is 8.26. The number of anilines is 1. The molecule has 8 nitrogen and oxygen atoms in total. The van der Waals surface area contributed by atoms with E-state index in [1.54, 1.807) is 10.6 Å². The summed E-state index contributed by atoms with van der Waals surface area (Å²) in [4.78, 5) is 9.16. The lowest BCUT2D eigenvalue weighted by Crippen LogP contribution is -2.44. The van der Waals surface area contributed by atoms with Crippen molar-refractivity contribution in [3.63, 3.8) is 0 Å². The van der Waals surface area contributed by atoms with Gasteiger partial charge in [0, 0.05) is 37.3 Å². The fraction of sp³-hybridized carbons (Fsp3) is 0.545. The van der Waals surface area contributed by atoms with Gasteiger partial charge in [-0.1, -0.05) is 11.8 Å². The monoisotopic (exact) mass is 504 g/mol. The standard InChI is InChI=1S/C22H26F2N8S2/c1-30-6-8-31(9-7-30)15-10-14(34-29-22(12-23)4-5-22)11-32-16(15)17(24)28-19(32)18(26)33-20(27)21(13-25)2-3-21/h10-11,26-27,29H,2-9,12H2,1H3. The summed E-state index contributed by atoms with van der Waals surface area (Å²) >= 11 is 2.16. The van der Waals surface area contributed by atoms with Gasteiger partial charge >= 0.3 is 0 Å². The van der Waals surface area contributed by atoms with Crippen LogP contribution in [0.2, 0.25) is 0 Å². The van der Waals surface area contributed by atoms with Crippen molar-refractivity contribution in [3.05, 3.63) is 24.0 Å². The maximum absolute atomic E-state index is 15.2. The second-order valence-corrected chi connectivity index (χ2v) is 11.3. The molecule has 2 saturated carbocycles. The summed E-state index contributed by atoms with van der Waals surface area (Å²) in [6.45, 7) is 2.69. The largest absolute Gasteiger partial charge is 0.367 e. The van der Waals surface area contributed by atoms with Crippen molar-refractivity contribution in [2.75, 3.05) is 44.8 Å². The van der Waals surface area contributed by atoms with Gasteiger partial charge < -0.3 is 9.80 Å². The molecule has 0 bridgehead atoms. The molecule has 0 aromatic carbocycles. The Balaban J connectivity index is 1.51. The van der Waals surface area contributed by atoms with Gasteiger partial charge in [0.2, 0.25) is 5.95 Å². The van der Waals surface area contributed by atoms with E-state index < -0.39 is 23.6 Å². The summed E-state index contributed by atoms with van der Waals surface area (Å²) < 4.78 is 33.4. The van der Waals surface area contributed by atoms with Crippen LogP contribution in [0.5, 0.6) is 0 Å². The molecule has 1 saturated heterocycles. The average Bonchev–Trinajstić information content (AvgIpc) is 3.76. The molecule has 0 unspecified atom stereocenters. The molecule has 12 heteroatoms. The number of nitriles is 1. The summed E-state index contributed by atoms with van der Waals surface area (Å²) in [7, 11) is 2.05. The van der Waals surface area contributed by atoms with E-state index in [0.29, 0.717) is 18.5 Å². The summed E-state index contributed by atoms with van der Waals surface area (Å²) in [5.74, 6) is -0.574. The molecular weight excluding hydrogens is 478 g/mol. The van der Waals surface area contributed by atoms with Crippen LogP contribution in [0.15, 0.2) is 17.2 Å². The van der Waals surface area contributed by atoms with Gasteiger partial charge in [0.1, 0.15) is 22.6 Å². The number of halogens is 2. The third-order valence-corrected chi connectivity index (χ3v) is 8.77. The summed E-state index contributed by atoms with van der Waals surface area (Å²) in [6.07, 6.45) is 4.48. The highest BCUT2D eigenvalue weighted by atomic mass is 32.2. The molecule has 3 heterocycles. The second kappa shape index (κ2) is 8.78. The Kier molecular flexibility index (Phi) is 6.08. The molecule has 0 atom stereocenters. The van der Waals surface area contributed by atoms with E-state index in [2.05, 4.69) is 25.6 Å². The molecule has 0 radical (unpaired) electrons. The minimum absolute atomic E-state index is 0.0766. The maximum atomic E-state index is 15.2. The first kappa shape index (κ1) is 23.5. The molecule has 34 heavy (non-hydrogen) atoms. The van der Waals surface area contributed by atoms with Crippen molar-refractivity contribution in [1.82, 2.24) is 19.0 Å². The van der Waals surface area contributed by atoms with E-state index in [0.717, 1.165) is 55.7 Å². The molecule has 0 amide bonds. The molecule has 3 fully saturated rings. The highest BCUT2D eigenvalue weighted by Crippen LogP contribution is 2.49. The lowest BCUT2D eigenvalue weighted by Gasteiger charge is -2.34. The molecule has 2 aliphatic carbocycles. The Hall–Kier alpha value is -2.20. The Morgan fingerprint density at radius 3 is 2.53 bits per heavy atom. The van der Waals surface area contributed by atoms with Crippen LogP contribution in [0.25, 0.3) is 5.52 Å². The Morgan fingerprint density at radius 1 is 1.24 bits per heavy atom. The zero-order valence-corrected chi connectivity index (χ0v) is 20.5. The predicted molar refractivity (Wildman–Crippen MR) is 131 cm³/mol. The fourth-order valence-electron chi connectivity index (χ4n) is 3.97. The third kappa shape index (κ3) is 4.30. The molecule has 3 aliphatic rings. The number of alkyl halides is 1. The van der Waals surface area contributed by atoms with Crippen molar-refractivity contribution in [3.8, 4) is 6.07 Å². The van der Waals surface area contributed by atoms with Crippen LogP contribution in [-0.4, -0.2) is 69.8 Å². The van der Waals surface area contributed by atoms with Gasteiger partial charge in [-0.15, -0.1) is 0 Å². The van der Waals surface area contributed by atoms with E-state index >= 15 is 4.39 Å². The molecule has 1 aliphatic heterocycles. The molecule has 180 valence electrons. The number of likely N-dealkylation sites (N-methyl/N-ethyl adjacent to an activating group) is 1. The Bertz CT molecular complexity index is 1190. The van der Waals surface area contributed by atoms with Gasteiger partial charge in [-0.3, -0.25) is 19.9 Å². The highest BCUT2D eigenvalue weighted by Gasteiger charge is 2.48. The van der Waals surface area contributed by atoms with Crippen LogP contribution in [0, 0.1) is 33.5 Å². The SMILES string of the molecule is CN1CCN(c2cc(SNC3(CF)CC3)cn3c(C(=N)SC(=N)C4(C#N)CC4)nc(F)c23)CC1. The van der Waals surface area contributed by atoms with Crippen LogP contribution in [0.4, 0.5) is 14.5 Å². The number of hydrogen-bond acceptors (Lipinski definition) is 9. The Labute approximate surface area is 205 Å². The summed E-state index contributed by atoms with van der Waals surface area (Å²) in [5, 5.41) is 26.2. The van der Waals surface area contributed by atoms with Crippen molar-refractivity contribution in [2.24, 2.45) is 5.41 Å². The minimum Gasteiger partial charge on any atom is -0.367 e. The minimum atomic E-state index is -0.816. The average molecular weight is 505 g/mol. The second-order valence-electron chi connectivity index (χ2n) is 9.37. The van der Waals surface area contributed by atoms with E-state index in [9.17, 15) is 9.65 Å². The first-order valence-corrected chi connectivity index (χ1v) is 12.9. The summed E-state index contributed by atoms with van der Waals surface area (Å²) in [6, 6.07) is 4.06. The number of piperazine rings is 1. The first-order chi connectivity index (χ1) is 16.3. The van der Waals surface area contributed by atoms with E-state index in [1.165, 1.54) is 11.9 Å². The topological polar surface area (TPSA) is 107 Å². The van der Waals surface area contributed by atoms with Crippen molar-refractivity contribution in [2.45, 2.75) is 36.1 Å². The van der Waals surface area contributed by atoms with Crippen LogP contribution < -0.4 is 9.62 Å². The van der Waals surface area contributed by atoms with Crippen molar-refractivity contribution >= 4 is 45.0 Å². The van der Waals surface area contributed by atoms with Gasteiger partial charge in [0.05, 0.1) is 22.3 Å². The molecule has 2 aromatic heterocycles. The molecular formula is C22H26F2N8S2. The first-order valence-electron chi connectivity index (χ1n) is 11.2. The van der Waals surface area contributed by atoms with E-state index in [4.69, 9.17) is 10.8 Å². The number of nitrogens with one attached hydrogen (secondary N) is 3. The lowest BCUT2D eigenvalue weighted by atomic mass is 10.2. The summed E-state index contributed by atoms with van der Waals surface area (Å²) in [5.41, 5.74) is -0.341. The van der Waals surface area contributed by atoms with Crippen LogP contribution >= 0.6 is 23.7 Å².